The first-order valence-corrected chi connectivity index (χ1v) is 13.7. The molecule has 3 aromatic heterocycles. The average molecular weight is 543 g/mol. The molecule has 0 saturated carbocycles. The number of anilines is 2. The van der Waals surface area contributed by atoms with Crippen LogP contribution in [0.25, 0.3) is 16.9 Å². The van der Waals surface area contributed by atoms with E-state index in [1.165, 1.54) is 0 Å². The number of hydrogen-bond donors (Lipinski definition) is 2. The summed E-state index contributed by atoms with van der Waals surface area (Å²) < 4.78 is 7.08. The SMILES string of the molecule is Cc1ccc(C(=O)Nc2cc(C(C)(C)C)on2)cc1-n1cc(-c2cncc(N3CCC(C(C)(C)N)CC3)c2)nn1. The van der Waals surface area contributed by atoms with E-state index in [2.05, 4.69) is 50.6 Å². The van der Waals surface area contributed by atoms with Gasteiger partial charge >= 0.3 is 0 Å². The van der Waals surface area contributed by atoms with Crippen molar-refractivity contribution in [1.29, 1.82) is 0 Å². The Hall–Kier alpha value is -4.05. The maximum Gasteiger partial charge on any atom is 0.256 e. The molecular weight excluding hydrogens is 504 g/mol. The molecule has 5 rings (SSSR count). The van der Waals surface area contributed by atoms with Crippen molar-refractivity contribution in [2.75, 3.05) is 23.3 Å². The van der Waals surface area contributed by atoms with Gasteiger partial charge in [-0.2, -0.15) is 0 Å². The minimum atomic E-state index is -0.283. The number of carbonyl (C=O) groups excluding carboxylic acids is 1. The number of nitrogens with two attached hydrogens (primary N) is 1. The lowest BCUT2D eigenvalue weighted by molar-refractivity contribution is 0.102. The first-order valence-electron chi connectivity index (χ1n) is 13.7. The molecule has 10 nitrogen and oxygen atoms in total. The highest BCUT2D eigenvalue weighted by Crippen LogP contribution is 2.31. The Morgan fingerprint density at radius 3 is 2.50 bits per heavy atom. The summed E-state index contributed by atoms with van der Waals surface area (Å²) in [5, 5.41) is 15.6. The van der Waals surface area contributed by atoms with E-state index in [0.29, 0.717) is 28.8 Å². The standard InChI is InChI=1S/C30H38N8O2/c1-19-7-8-20(28(39)33-27-15-26(40-35-27)29(2,3)4)14-25(19)38-18-24(34-36-38)21-13-23(17-32-16-21)37-11-9-22(10-12-37)30(5,6)31/h7-8,13-18,22H,9-12,31H2,1-6H3,(H,33,35,39). The van der Waals surface area contributed by atoms with E-state index in [1.54, 1.807) is 29.1 Å². The Kier molecular flexibility index (Phi) is 7.22. The Morgan fingerprint density at radius 1 is 1.07 bits per heavy atom. The van der Waals surface area contributed by atoms with Gasteiger partial charge in [0.05, 0.1) is 23.8 Å². The number of rotatable bonds is 6. The van der Waals surface area contributed by atoms with Crippen LogP contribution in [0.5, 0.6) is 0 Å². The van der Waals surface area contributed by atoms with Crippen molar-refractivity contribution in [3.05, 3.63) is 65.8 Å². The highest BCUT2D eigenvalue weighted by Gasteiger charge is 2.29. The second kappa shape index (κ2) is 10.5. The number of benzene rings is 1. The molecule has 0 bridgehead atoms. The first-order chi connectivity index (χ1) is 18.9. The third-order valence-corrected chi connectivity index (χ3v) is 7.63. The average Bonchev–Trinajstić information content (AvgIpc) is 3.59. The lowest BCUT2D eigenvalue weighted by Gasteiger charge is -2.39. The molecule has 0 aliphatic carbocycles. The summed E-state index contributed by atoms with van der Waals surface area (Å²) in [7, 11) is 0. The molecule has 40 heavy (non-hydrogen) atoms. The fourth-order valence-corrected chi connectivity index (χ4v) is 5.01. The predicted molar refractivity (Wildman–Crippen MR) is 156 cm³/mol. The molecular formula is C30H38N8O2. The van der Waals surface area contributed by atoms with Crippen LogP contribution in [0.2, 0.25) is 0 Å². The van der Waals surface area contributed by atoms with Gasteiger partial charge in [0.25, 0.3) is 5.91 Å². The second-order valence-electron chi connectivity index (χ2n) is 12.3. The maximum atomic E-state index is 13.0. The van der Waals surface area contributed by atoms with Crippen LogP contribution >= 0.6 is 0 Å². The first kappa shape index (κ1) is 27.5. The molecule has 0 spiro atoms. The number of pyridine rings is 1. The van der Waals surface area contributed by atoms with Crippen LogP contribution < -0.4 is 16.0 Å². The molecule has 4 heterocycles. The molecule has 4 aromatic rings. The molecule has 1 aromatic carbocycles. The van der Waals surface area contributed by atoms with E-state index in [4.69, 9.17) is 10.3 Å². The van der Waals surface area contributed by atoms with E-state index < -0.39 is 0 Å². The fourth-order valence-electron chi connectivity index (χ4n) is 5.01. The molecule has 0 unspecified atom stereocenters. The molecule has 1 aliphatic rings. The summed E-state index contributed by atoms with van der Waals surface area (Å²) in [5.41, 5.74) is 10.9. The van der Waals surface area contributed by atoms with Crippen molar-refractivity contribution in [2.45, 2.75) is 65.3 Å². The normalized spacial score (nSPS) is 14.9. The van der Waals surface area contributed by atoms with Gasteiger partial charge in [-0.25, -0.2) is 4.68 Å². The van der Waals surface area contributed by atoms with Gasteiger partial charge in [0.2, 0.25) is 0 Å². The fraction of sp³-hybridized carbons (Fsp3) is 0.433. The molecule has 1 amide bonds. The van der Waals surface area contributed by atoms with E-state index in [1.807, 2.05) is 46.2 Å². The van der Waals surface area contributed by atoms with Gasteiger partial charge < -0.3 is 20.5 Å². The van der Waals surface area contributed by atoms with Crippen molar-refractivity contribution in [1.82, 2.24) is 25.1 Å². The molecule has 0 radical (unpaired) electrons. The van der Waals surface area contributed by atoms with Crippen LogP contribution in [0.4, 0.5) is 11.5 Å². The highest BCUT2D eigenvalue weighted by molar-refractivity contribution is 6.04. The van der Waals surface area contributed by atoms with Crippen molar-refractivity contribution in [3.63, 3.8) is 0 Å². The zero-order chi connectivity index (χ0) is 28.7. The van der Waals surface area contributed by atoms with Crippen LogP contribution in [0.15, 0.2) is 53.4 Å². The van der Waals surface area contributed by atoms with E-state index >= 15 is 0 Å². The molecule has 210 valence electrons. The van der Waals surface area contributed by atoms with Crippen molar-refractivity contribution < 1.29 is 9.32 Å². The summed E-state index contributed by atoms with van der Waals surface area (Å²) in [6, 6.07) is 9.32. The number of aryl methyl sites for hydroxylation is 1. The third kappa shape index (κ3) is 5.91. The van der Waals surface area contributed by atoms with Gasteiger partial charge in [0.1, 0.15) is 11.5 Å². The topological polar surface area (TPSA) is 128 Å². The third-order valence-electron chi connectivity index (χ3n) is 7.63. The van der Waals surface area contributed by atoms with Gasteiger partial charge in [-0.05, 0) is 63.3 Å². The smallest absolute Gasteiger partial charge is 0.256 e. The zero-order valence-corrected chi connectivity index (χ0v) is 24.1. The molecule has 1 aliphatic heterocycles. The number of amides is 1. The Bertz CT molecular complexity index is 1500. The number of nitrogens with one attached hydrogen (secondary N) is 1. The Labute approximate surface area is 234 Å². The summed E-state index contributed by atoms with van der Waals surface area (Å²) in [6.45, 7) is 14.2. The van der Waals surface area contributed by atoms with Crippen molar-refractivity contribution >= 4 is 17.4 Å². The van der Waals surface area contributed by atoms with Crippen LogP contribution in [0.3, 0.4) is 0 Å². The van der Waals surface area contributed by atoms with Gasteiger partial charge in [0.15, 0.2) is 5.82 Å². The highest BCUT2D eigenvalue weighted by atomic mass is 16.5. The number of piperidine rings is 1. The van der Waals surface area contributed by atoms with Crippen molar-refractivity contribution in [3.8, 4) is 16.9 Å². The minimum absolute atomic E-state index is 0.160. The molecule has 0 atom stereocenters. The Balaban J connectivity index is 1.32. The van der Waals surface area contributed by atoms with Crippen LogP contribution in [0, 0.1) is 12.8 Å². The zero-order valence-electron chi connectivity index (χ0n) is 24.1. The molecule has 1 saturated heterocycles. The second-order valence-corrected chi connectivity index (χ2v) is 12.3. The molecule has 3 N–H and O–H groups in total. The minimum Gasteiger partial charge on any atom is -0.370 e. The van der Waals surface area contributed by atoms with Crippen LogP contribution in [0.1, 0.15) is 69.1 Å². The van der Waals surface area contributed by atoms with Gasteiger partial charge in [-0.3, -0.25) is 9.78 Å². The summed E-state index contributed by atoms with van der Waals surface area (Å²) in [4.78, 5) is 19.8. The summed E-state index contributed by atoms with van der Waals surface area (Å²) in [6.07, 6.45) is 7.67. The summed E-state index contributed by atoms with van der Waals surface area (Å²) in [5.74, 6) is 1.31. The molecule has 10 heteroatoms. The largest absolute Gasteiger partial charge is 0.370 e. The van der Waals surface area contributed by atoms with E-state index in [0.717, 1.165) is 48.4 Å². The van der Waals surface area contributed by atoms with Gasteiger partial charge in [0, 0.05) is 47.4 Å². The van der Waals surface area contributed by atoms with E-state index in [-0.39, 0.29) is 16.9 Å². The number of carbonyl (C=O) groups is 1. The van der Waals surface area contributed by atoms with Crippen LogP contribution in [-0.4, -0.2) is 49.7 Å². The lowest BCUT2D eigenvalue weighted by atomic mass is 9.81. The molecule has 1 fully saturated rings. The monoisotopic (exact) mass is 542 g/mol. The van der Waals surface area contributed by atoms with Crippen LogP contribution in [-0.2, 0) is 5.41 Å². The van der Waals surface area contributed by atoms with Gasteiger partial charge in [-0.15, -0.1) is 5.10 Å². The van der Waals surface area contributed by atoms with E-state index in [9.17, 15) is 4.79 Å². The summed E-state index contributed by atoms with van der Waals surface area (Å²) >= 11 is 0. The number of aromatic nitrogens is 5. The number of hydrogen-bond acceptors (Lipinski definition) is 8. The van der Waals surface area contributed by atoms with Crippen molar-refractivity contribution in [2.24, 2.45) is 11.7 Å². The lowest BCUT2D eigenvalue weighted by Crippen LogP contribution is -2.47. The number of nitrogens with zero attached hydrogens (tertiary/aromatic N) is 6. The maximum absolute atomic E-state index is 13.0. The van der Waals surface area contributed by atoms with Gasteiger partial charge in [-0.1, -0.05) is 37.2 Å². The quantitative estimate of drug-likeness (QED) is 0.343. The predicted octanol–water partition coefficient (Wildman–Crippen LogP) is 5.13. The Morgan fingerprint density at radius 2 is 1.82 bits per heavy atom.